The normalized spacial score (nSPS) is 14.4. The van der Waals surface area contributed by atoms with Crippen molar-refractivity contribution < 1.29 is 9.90 Å². The van der Waals surface area contributed by atoms with Gasteiger partial charge in [0.05, 0.1) is 18.5 Å². The highest BCUT2D eigenvalue weighted by Crippen LogP contribution is 2.19. The van der Waals surface area contributed by atoms with Gasteiger partial charge in [0.2, 0.25) is 0 Å². The third kappa shape index (κ3) is 3.60. The van der Waals surface area contributed by atoms with Crippen LogP contribution in [0.1, 0.15) is 19.8 Å². The van der Waals surface area contributed by atoms with Crippen LogP contribution in [0.25, 0.3) is 0 Å². The molecule has 6 heteroatoms. The fourth-order valence-electron chi connectivity index (χ4n) is 2.32. The van der Waals surface area contributed by atoms with Gasteiger partial charge < -0.3 is 20.2 Å². The SMILES string of the molecule is CCN(CCO)C(=O)Nc1ccc(N2CCCC2)nc1. The summed E-state index contributed by atoms with van der Waals surface area (Å²) in [6.07, 6.45) is 4.11. The highest BCUT2D eigenvalue weighted by molar-refractivity contribution is 5.89. The maximum Gasteiger partial charge on any atom is 0.321 e. The molecule has 6 nitrogen and oxygen atoms in total. The number of rotatable bonds is 5. The van der Waals surface area contributed by atoms with Gasteiger partial charge in [-0.05, 0) is 31.9 Å². The Morgan fingerprint density at radius 3 is 2.75 bits per heavy atom. The molecule has 1 saturated heterocycles. The maximum absolute atomic E-state index is 11.9. The number of hydrogen-bond donors (Lipinski definition) is 2. The number of likely N-dealkylation sites (N-methyl/N-ethyl adjacent to an activating group) is 1. The zero-order chi connectivity index (χ0) is 14.4. The van der Waals surface area contributed by atoms with Crippen molar-refractivity contribution >= 4 is 17.5 Å². The Bertz CT molecular complexity index is 429. The Morgan fingerprint density at radius 1 is 1.45 bits per heavy atom. The molecule has 20 heavy (non-hydrogen) atoms. The lowest BCUT2D eigenvalue weighted by Crippen LogP contribution is -2.36. The molecule has 2 heterocycles. The molecule has 2 rings (SSSR count). The molecule has 0 aliphatic carbocycles. The second-order valence-corrected chi connectivity index (χ2v) is 4.83. The minimum atomic E-state index is -0.211. The first kappa shape index (κ1) is 14.6. The summed E-state index contributed by atoms with van der Waals surface area (Å²) in [4.78, 5) is 20.1. The van der Waals surface area contributed by atoms with Crippen molar-refractivity contribution in [2.45, 2.75) is 19.8 Å². The second kappa shape index (κ2) is 7.09. The summed E-state index contributed by atoms with van der Waals surface area (Å²) in [7, 11) is 0. The van der Waals surface area contributed by atoms with Crippen LogP contribution < -0.4 is 10.2 Å². The van der Waals surface area contributed by atoms with Crippen LogP contribution in [0, 0.1) is 0 Å². The van der Waals surface area contributed by atoms with Crippen molar-refractivity contribution in [3.05, 3.63) is 18.3 Å². The lowest BCUT2D eigenvalue weighted by molar-refractivity contribution is 0.192. The molecule has 1 aromatic heterocycles. The highest BCUT2D eigenvalue weighted by Gasteiger charge is 2.14. The van der Waals surface area contributed by atoms with Gasteiger partial charge >= 0.3 is 6.03 Å². The van der Waals surface area contributed by atoms with Crippen LogP contribution in [0.5, 0.6) is 0 Å². The summed E-state index contributed by atoms with van der Waals surface area (Å²) in [5.74, 6) is 0.961. The van der Waals surface area contributed by atoms with E-state index in [9.17, 15) is 4.79 Å². The molecule has 1 aliphatic heterocycles. The number of aromatic nitrogens is 1. The van der Waals surface area contributed by atoms with E-state index in [0.717, 1.165) is 18.9 Å². The minimum absolute atomic E-state index is 0.0343. The summed E-state index contributed by atoms with van der Waals surface area (Å²) in [6, 6.07) is 3.59. The molecule has 0 saturated carbocycles. The number of aliphatic hydroxyl groups is 1. The van der Waals surface area contributed by atoms with Gasteiger partial charge in [-0.15, -0.1) is 0 Å². The molecule has 2 amide bonds. The predicted molar refractivity (Wildman–Crippen MR) is 79.0 cm³/mol. The number of nitrogens with one attached hydrogen (secondary N) is 1. The molecule has 0 unspecified atom stereocenters. The van der Waals surface area contributed by atoms with Crippen molar-refractivity contribution in [1.29, 1.82) is 0 Å². The summed E-state index contributed by atoms with van der Waals surface area (Å²) in [6.45, 7) is 4.85. The van der Waals surface area contributed by atoms with Crippen molar-refractivity contribution in [1.82, 2.24) is 9.88 Å². The van der Waals surface area contributed by atoms with E-state index < -0.39 is 0 Å². The van der Waals surface area contributed by atoms with Crippen molar-refractivity contribution in [3.63, 3.8) is 0 Å². The highest BCUT2D eigenvalue weighted by atomic mass is 16.3. The lowest BCUT2D eigenvalue weighted by atomic mass is 10.4. The van der Waals surface area contributed by atoms with E-state index in [2.05, 4.69) is 15.2 Å². The van der Waals surface area contributed by atoms with Gasteiger partial charge in [-0.1, -0.05) is 0 Å². The van der Waals surface area contributed by atoms with E-state index >= 15 is 0 Å². The number of pyridine rings is 1. The topological polar surface area (TPSA) is 68.7 Å². The van der Waals surface area contributed by atoms with Gasteiger partial charge in [0.15, 0.2) is 0 Å². The molecule has 0 aromatic carbocycles. The van der Waals surface area contributed by atoms with Gasteiger partial charge in [-0.2, -0.15) is 0 Å². The van der Waals surface area contributed by atoms with Gasteiger partial charge in [0.25, 0.3) is 0 Å². The van der Waals surface area contributed by atoms with Crippen LogP contribution in [-0.4, -0.2) is 53.8 Å². The van der Waals surface area contributed by atoms with Crippen LogP contribution in [0.3, 0.4) is 0 Å². The van der Waals surface area contributed by atoms with Crippen LogP contribution in [0.15, 0.2) is 18.3 Å². The molecule has 0 atom stereocenters. The number of anilines is 2. The van der Waals surface area contributed by atoms with E-state index in [1.807, 2.05) is 19.1 Å². The van der Waals surface area contributed by atoms with Gasteiger partial charge in [-0.3, -0.25) is 0 Å². The lowest BCUT2D eigenvalue weighted by Gasteiger charge is -2.20. The smallest absolute Gasteiger partial charge is 0.321 e. The summed E-state index contributed by atoms with van der Waals surface area (Å²) >= 11 is 0. The molecule has 110 valence electrons. The third-order valence-electron chi connectivity index (χ3n) is 3.47. The fourth-order valence-corrected chi connectivity index (χ4v) is 2.32. The first-order valence-electron chi connectivity index (χ1n) is 7.12. The third-order valence-corrected chi connectivity index (χ3v) is 3.47. The molecule has 1 aromatic rings. The largest absolute Gasteiger partial charge is 0.395 e. The van der Waals surface area contributed by atoms with Gasteiger partial charge in [0.1, 0.15) is 5.82 Å². The van der Waals surface area contributed by atoms with E-state index in [-0.39, 0.29) is 12.6 Å². The van der Waals surface area contributed by atoms with Crippen LogP contribution in [0.4, 0.5) is 16.3 Å². The van der Waals surface area contributed by atoms with E-state index in [0.29, 0.717) is 18.8 Å². The standard InChI is InChI=1S/C14H22N4O2/c1-2-17(9-10-19)14(20)16-12-5-6-13(15-11-12)18-7-3-4-8-18/h5-6,11,19H,2-4,7-10H2,1H3,(H,16,20). The van der Waals surface area contributed by atoms with Gasteiger partial charge in [-0.25, -0.2) is 9.78 Å². The first-order valence-corrected chi connectivity index (χ1v) is 7.12. The molecule has 0 spiro atoms. The van der Waals surface area contributed by atoms with Crippen molar-refractivity contribution in [3.8, 4) is 0 Å². The van der Waals surface area contributed by atoms with Crippen LogP contribution >= 0.6 is 0 Å². The zero-order valence-electron chi connectivity index (χ0n) is 11.9. The molecular weight excluding hydrogens is 256 g/mol. The summed E-state index contributed by atoms with van der Waals surface area (Å²) in [5.41, 5.74) is 0.675. The fraction of sp³-hybridized carbons (Fsp3) is 0.571. The Kier molecular flexibility index (Phi) is 5.17. The Balaban J connectivity index is 1.94. The molecule has 1 aliphatic rings. The quantitative estimate of drug-likeness (QED) is 0.857. The molecule has 0 radical (unpaired) electrons. The molecule has 0 bridgehead atoms. The Morgan fingerprint density at radius 2 is 2.20 bits per heavy atom. The first-order chi connectivity index (χ1) is 9.74. The molecule has 1 fully saturated rings. The van der Waals surface area contributed by atoms with E-state index in [4.69, 9.17) is 5.11 Å². The van der Waals surface area contributed by atoms with E-state index in [1.54, 1.807) is 11.1 Å². The van der Waals surface area contributed by atoms with Crippen molar-refractivity contribution in [2.75, 3.05) is 43.0 Å². The molecular formula is C14H22N4O2. The molecule has 2 N–H and O–H groups in total. The zero-order valence-corrected chi connectivity index (χ0v) is 11.9. The number of carbonyl (C=O) groups is 1. The average molecular weight is 278 g/mol. The predicted octanol–water partition coefficient (Wildman–Crippen LogP) is 1.53. The monoisotopic (exact) mass is 278 g/mol. The number of hydrogen-bond acceptors (Lipinski definition) is 4. The number of carbonyl (C=O) groups excluding carboxylic acids is 1. The van der Waals surface area contributed by atoms with Crippen LogP contribution in [-0.2, 0) is 0 Å². The average Bonchev–Trinajstić information content (AvgIpc) is 2.99. The maximum atomic E-state index is 11.9. The number of amides is 2. The number of urea groups is 1. The van der Waals surface area contributed by atoms with Crippen LogP contribution in [0.2, 0.25) is 0 Å². The van der Waals surface area contributed by atoms with Crippen molar-refractivity contribution in [2.24, 2.45) is 0 Å². The number of nitrogens with zero attached hydrogens (tertiary/aromatic N) is 3. The Hall–Kier alpha value is -1.82. The van der Waals surface area contributed by atoms with Gasteiger partial charge in [0, 0.05) is 26.2 Å². The summed E-state index contributed by atoms with van der Waals surface area (Å²) < 4.78 is 0. The number of aliphatic hydroxyl groups excluding tert-OH is 1. The second-order valence-electron chi connectivity index (χ2n) is 4.83. The minimum Gasteiger partial charge on any atom is -0.395 e. The Labute approximate surface area is 119 Å². The van der Waals surface area contributed by atoms with E-state index in [1.165, 1.54) is 12.8 Å². The summed E-state index contributed by atoms with van der Waals surface area (Å²) in [5, 5.41) is 11.7.